The molecule has 3 aromatic rings. The van der Waals surface area contributed by atoms with Gasteiger partial charge in [-0.15, -0.1) is 0 Å². The topological polar surface area (TPSA) is 72.0 Å². The van der Waals surface area contributed by atoms with Crippen molar-refractivity contribution in [1.82, 2.24) is 20.3 Å². The Labute approximate surface area is 144 Å². The zero-order valence-corrected chi connectivity index (χ0v) is 13.6. The van der Waals surface area contributed by atoms with Gasteiger partial charge < -0.3 is 15.4 Å². The van der Waals surface area contributed by atoms with Crippen LogP contribution in [0, 0.1) is 5.82 Å². The zero-order valence-electron chi connectivity index (χ0n) is 13.6. The van der Waals surface area contributed by atoms with Crippen molar-refractivity contribution in [3.05, 3.63) is 48.5 Å². The Hall–Kier alpha value is -2.64. The van der Waals surface area contributed by atoms with Gasteiger partial charge in [0, 0.05) is 37.6 Å². The van der Waals surface area contributed by atoms with E-state index in [1.807, 2.05) is 6.07 Å². The van der Waals surface area contributed by atoms with Crippen molar-refractivity contribution < 1.29 is 9.13 Å². The second kappa shape index (κ2) is 7.08. The second-order valence-corrected chi connectivity index (χ2v) is 5.86. The van der Waals surface area contributed by atoms with E-state index in [0.29, 0.717) is 24.5 Å². The lowest BCUT2D eigenvalue weighted by Gasteiger charge is -2.24. The minimum Gasteiger partial charge on any atom is -0.374 e. The van der Waals surface area contributed by atoms with Crippen LogP contribution in [0.1, 0.15) is 0 Å². The fraction of sp³-hybridized carbons (Fsp3) is 0.278. The molecule has 0 bridgehead atoms. The summed E-state index contributed by atoms with van der Waals surface area (Å²) in [4.78, 5) is 13.4. The van der Waals surface area contributed by atoms with Crippen LogP contribution >= 0.6 is 0 Å². The lowest BCUT2D eigenvalue weighted by Crippen LogP contribution is -2.42. The van der Waals surface area contributed by atoms with E-state index in [9.17, 15) is 4.39 Å². The summed E-state index contributed by atoms with van der Waals surface area (Å²) in [6, 6.07) is 8.12. The Balaban J connectivity index is 1.67. The standard InChI is InChI=1S/C18H18FN5O/c19-13-3-1-12(2-4-13)15-9-16-17(22-6-5-21-16)18(24-15)23-11-14-10-20-7-8-25-14/h1-6,9,14,20H,7-8,10-11H2,(H,23,24). The van der Waals surface area contributed by atoms with Gasteiger partial charge in [0.05, 0.1) is 23.9 Å². The van der Waals surface area contributed by atoms with E-state index in [0.717, 1.165) is 29.9 Å². The van der Waals surface area contributed by atoms with Crippen LogP contribution < -0.4 is 10.6 Å². The number of rotatable bonds is 4. The molecule has 1 fully saturated rings. The van der Waals surface area contributed by atoms with Gasteiger partial charge in [0.15, 0.2) is 5.82 Å². The summed E-state index contributed by atoms with van der Waals surface area (Å²) in [5.74, 6) is 0.378. The predicted molar refractivity (Wildman–Crippen MR) is 93.8 cm³/mol. The SMILES string of the molecule is Fc1ccc(-c2cc3nccnc3c(NCC3CNCCO3)n2)cc1. The number of anilines is 1. The fourth-order valence-electron chi connectivity index (χ4n) is 2.83. The molecule has 1 aliphatic rings. The van der Waals surface area contributed by atoms with Crippen molar-refractivity contribution in [1.29, 1.82) is 0 Å². The fourth-order valence-corrected chi connectivity index (χ4v) is 2.83. The highest BCUT2D eigenvalue weighted by atomic mass is 19.1. The Bertz CT molecular complexity index is 865. The van der Waals surface area contributed by atoms with Gasteiger partial charge in [-0.3, -0.25) is 4.98 Å². The summed E-state index contributed by atoms with van der Waals surface area (Å²) in [6.07, 6.45) is 3.37. The predicted octanol–water partition coefficient (Wildman–Crippen LogP) is 2.23. The van der Waals surface area contributed by atoms with Crippen molar-refractivity contribution in [2.24, 2.45) is 0 Å². The maximum absolute atomic E-state index is 13.2. The van der Waals surface area contributed by atoms with Crippen LogP contribution in [0.3, 0.4) is 0 Å². The maximum Gasteiger partial charge on any atom is 0.154 e. The van der Waals surface area contributed by atoms with Crippen LogP contribution in [0.5, 0.6) is 0 Å². The average Bonchev–Trinajstić information content (AvgIpc) is 2.67. The van der Waals surface area contributed by atoms with Gasteiger partial charge in [0.1, 0.15) is 11.3 Å². The molecule has 2 N–H and O–H groups in total. The van der Waals surface area contributed by atoms with Crippen LogP contribution in [0.15, 0.2) is 42.7 Å². The van der Waals surface area contributed by atoms with E-state index in [2.05, 4.69) is 25.6 Å². The maximum atomic E-state index is 13.2. The van der Waals surface area contributed by atoms with Crippen molar-refractivity contribution in [3.63, 3.8) is 0 Å². The molecule has 128 valence electrons. The molecule has 1 atom stereocenters. The van der Waals surface area contributed by atoms with Crippen molar-refractivity contribution in [2.75, 3.05) is 31.6 Å². The molecule has 0 saturated carbocycles. The van der Waals surface area contributed by atoms with E-state index in [-0.39, 0.29) is 11.9 Å². The molecule has 0 radical (unpaired) electrons. The normalized spacial score (nSPS) is 17.6. The molecule has 3 heterocycles. The molecule has 4 rings (SSSR count). The summed E-state index contributed by atoms with van der Waals surface area (Å²) >= 11 is 0. The highest BCUT2D eigenvalue weighted by Crippen LogP contribution is 2.25. The lowest BCUT2D eigenvalue weighted by molar-refractivity contribution is 0.0372. The third-order valence-electron chi connectivity index (χ3n) is 4.10. The van der Waals surface area contributed by atoms with E-state index in [1.54, 1.807) is 24.5 Å². The Morgan fingerprint density at radius 1 is 1.20 bits per heavy atom. The largest absolute Gasteiger partial charge is 0.374 e. The molecule has 1 saturated heterocycles. The summed E-state index contributed by atoms with van der Waals surface area (Å²) in [5.41, 5.74) is 2.99. The summed E-state index contributed by atoms with van der Waals surface area (Å²) in [5, 5.41) is 6.63. The Morgan fingerprint density at radius 2 is 2.04 bits per heavy atom. The number of nitrogens with one attached hydrogen (secondary N) is 2. The van der Waals surface area contributed by atoms with E-state index < -0.39 is 0 Å². The molecule has 6 nitrogen and oxygen atoms in total. The van der Waals surface area contributed by atoms with Crippen LogP contribution in [-0.4, -0.2) is 47.3 Å². The number of halogens is 1. The summed E-state index contributed by atoms with van der Waals surface area (Å²) < 4.78 is 18.9. The highest BCUT2D eigenvalue weighted by Gasteiger charge is 2.15. The number of morpholine rings is 1. The third-order valence-corrected chi connectivity index (χ3v) is 4.10. The van der Waals surface area contributed by atoms with Crippen molar-refractivity contribution in [2.45, 2.75) is 6.10 Å². The zero-order chi connectivity index (χ0) is 17.1. The second-order valence-electron chi connectivity index (χ2n) is 5.86. The monoisotopic (exact) mass is 339 g/mol. The van der Waals surface area contributed by atoms with E-state index in [4.69, 9.17) is 4.74 Å². The van der Waals surface area contributed by atoms with Crippen LogP contribution in [0.4, 0.5) is 10.2 Å². The number of aromatic nitrogens is 3. The molecule has 7 heteroatoms. The Morgan fingerprint density at radius 3 is 2.84 bits per heavy atom. The van der Waals surface area contributed by atoms with Gasteiger partial charge in [-0.1, -0.05) is 0 Å². The summed E-state index contributed by atoms with van der Waals surface area (Å²) in [7, 11) is 0. The van der Waals surface area contributed by atoms with Gasteiger partial charge in [-0.2, -0.15) is 0 Å². The number of ether oxygens (including phenoxy) is 1. The molecule has 1 aliphatic heterocycles. The first-order valence-electron chi connectivity index (χ1n) is 8.23. The molecule has 0 spiro atoms. The summed E-state index contributed by atoms with van der Waals surface area (Å²) in [6.45, 7) is 3.01. The Kier molecular flexibility index (Phi) is 4.49. The smallest absolute Gasteiger partial charge is 0.154 e. The minimum absolute atomic E-state index is 0.0803. The average molecular weight is 339 g/mol. The molecular weight excluding hydrogens is 321 g/mol. The van der Waals surface area contributed by atoms with Crippen LogP contribution in [-0.2, 0) is 4.74 Å². The molecule has 2 aromatic heterocycles. The van der Waals surface area contributed by atoms with Gasteiger partial charge in [0.2, 0.25) is 0 Å². The number of fused-ring (bicyclic) bond motifs is 1. The van der Waals surface area contributed by atoms with Gasteiger partial charge in [0.25, 0.3) is 0 Å². The molecule has 0 aliphatic carbocycles. The number of pyridine rings is 1. The van der Waals surface area contributed by atoms with Gasteiger partial charge in [-0.05, 0) is 30.3 Å². The van der Waals surface area contributed by atoms with Crippen LogP contribution in [0.2, 0.25) is 0 Å². The molecule has 1 aromatic carbocycles. The van der Waals surface area contributed by atoms with Crippen molar-refractivity contribution >= 4 is 16.9 Å². The number of nitrogens with zero attached hydrogens (tertiary/aromatic N) is 3. The first kappa shape index (κ1) is 15.9. The number of benzene rings is 1. The molecule has 25 heavy (non-hydrogen) atoms. The van der Waals surface area contributed by atoms with Gasteiger partial charge >= 0.3 is 0 Å². The van der Waals surface area contributed by atoms with E-state index in [1.165, 1.54) is 12.1 Å². The highest BCUT2D eigenvalue weighted by molar-refractivity contribution is 5.88. The number of hydrogen-bond donors (Lipinski definition) is 2. The van der Waals surface area contributed by atoms with E-state index >= 15 is 0 Å². The first-order chi connectivity index (χ1) is 12.3. The lowest BCUT2D eigenvalue weighted by atomic mass is 10.1. The third kappa shape index (κ3) is 3.57. The van der Waals surface area contributed by atoms with Crippen molar-refractivity contribution in [3.8, 4) is 11.3 Å². The van der Waals surface area contributed by atoms with Crippen LogP contribution in [0.25, 0.3) is 22.3 Å². The first-order valence-corrected chi connectivity index (χ1v) is 8.23. The molecular formula is C18H18FN5O. The quantitative estimate of drug-likeness (QED) is 0.759. The number of hydrogen-bond acceptors (Lipinski definition) is 6. The van der Waals surface area contributed by atoms with Gasteiger partial charge in [-0.25, -0.2) is 14.4 Å². The molecule has 1 unspecified atom stereocenters. The molecule has 0 amide bonds. The minimum atomic E-state index is -0.273.